The smallest absolute Gasteiger partial charge is 0.331 e. The van der Waals surface area contributed by atoms with Crippen molar-refractivity contribution in [1.29, 1.82) is 0 Å². The van der Waals surface area contributed by atoms with Crippen molar-refractivity contribution >= 4 is 5.97 Å². The van der Waals surface area contributed by atoms with Crippen LogP contribution in [0.15, 0.2) is 18.2 Å². The third-order valence-electron chi connectivity index (χ3n) is 3.07. The molecule has 1 aliphatic rings. The average molecular weight is 253 g/mol. The molecule has 0 aliphatic carbocycles. The van der Waals surface area contributed by atoms with Crippen molar-refractivity contribution in [3.8, 4) is 5.75 Å². The van der Waals surface area contributed by atoms with E-state index >= 15 is 0 Å². The Morgan fingerprint density at radius 3 is 3.06 bits per heavy atom. The van der Waals surface area contributed by atoms with Gasteiger partial charge < -0.3 is 15.2 Å². The zero-order valence-corrected chi connectivity index (χ0v) is 10.2. The minimum Gasteiger partial charge on any atom is -0.493 e. The second kappa shape index (κ2) is 4.94. The summed E-state index contributed by atoms with van der Waals surface area (Å²) in [6, 6.07) is 4.84. The quantitative estimate of drug-likeness (QED) is 0.832. The van der Waals surface area contributed by atoms with Crippen molar-refractivity contribution in [3.63, 3.8) is 0 Å². The summed E-state index contributed by atoms with van der Waals surface area (Å²) in [7, 11) is 0. The summed E-state index contributed by atoms with van der Waals surface area (Å²) in [5.41, 5.74) is 5.88. The summed E-state index contributed by atoms with van der Waals surface area (Å²) in [6.07, 6.45) is 0.328. The Morgan fingerprint density at radius 2 is 2.39 bits per heavy atom. The highest BCUT2D eigenvalue weighted by molar-refractivity contribution is 5.84. The molecular formula is C13H16FNO3. The Morgan fingerprint density at radius 1 is 1.61 bits per heavy atom. The predicted molar refractivity (Wildman–Crippen MR) is 63.9 cm³/mol. The molecule has 0 saturated heterocycles. The lowest BCUT2D eigenvalue weighted by Gasteiger charge is -2.33. The molecule has 1 atom stereocenters. The van der Waals surface area contributed by atoms with Crippen molar-refractivity contribution in [2.45, 2.75) is 25.6 Å². The summed E-state index contributed by atoms with van der Waals surface area (Å²) < 4.78 is 23.1. The summed E-state index contributed by atoms with van der Waals surface area (Å²) in [6.45, 7) is 1.72. The van der Waals surface area contributed by atoms with E-state index in [-0.39, 0.29) is 6.61 Å². The van der Waals surface area contributed by atoms with Crippen LogP contribution < -0.4 is 10.5 Å². The number of rotatable bonds is 3. The number of ether oxygens (including phenoxy) is 2. The second-order valence-corrected chi connectivity index (χ2v) is 4.25. The number of esters is 1. The molecule has 0 saturated carbocycles. The molecule has 0 aromatic heterocycles. The third kappa shape index (κ3) is 2.06. The first-order valence-corrected chi connectivity index (χ1v) is 5.90. The van der Waals surface area contributed by atoms with Crippen LogP contribution in [0.4, 0.5) is 4.39 Å². The van der Waals surface area contributed by atoms with Gasteiger partial charge in [-0.1, -0.05) is 6.07 Å². The fourth-order valence-corrected chi connectivity index (χ4v) is 2.06. The minimum atomic E-state index is -1.24. The molecular weight excluding hydrogens is 237 g/mol. The maximum Gasteiger partial charge on any atom is 0.331 e. The van der Waals surface area contributed by atoms with Gasteiger partial charge in [0, 0.05) is 12.0 Å². The SMILES string of the molecule is CCOC(=O)C1(N)CCOc2ccc(CF)cc21. The first kappa shape index (κ1) is 12.8. The molecule has 0 bridgehead atoms. The molecule has 0 spiro atoms. The topological polar surface area (TPSA) is 61.5 Å². The van der Waals surface area contributed by atoms with Crippen LogP contribution in [0, 0.1) is 0 Å². The zero-order valence-electron chi connectivity index (χ0n) is 10.2. The van der Waals surface area contributed by atoms with Crippen LogP contribution in [0.25, 0.3) is 0 Å². The molecule has 4 nitrogen and oxygen atoms in total. The van der Waals surface area contributed by atoms with E-state index < -0.39 is 18.2 Å². The van der Waals surface area contributed by atoms with Gasteiger partial charge in [0.25, 0.3) is 0 Å². The van der Waals surface area contributed by atoms with Crippen LogP contribution in [0.5, 0.6) is 5.75 Å². The monoisotopic (exact) mass is 253 g/mol. The van der Waals surface area contributed by atoms with Crippen molar-refractivity contribution < 1.29 is 18.7 Å². The van der Waals surface area contributed by atoms with Crippen molar-refractivity contribution in [2.75, 3.05) is 13.2 Å². The van der Waals surface area contributed by atoms with Gasteiger partial charge in [-0.25, -0.2) is 9.18 Å². The molecule has 5 heteroatoms. The Kier molecular flexibility index (Phi) is 3.52. The van der Waals surface area contributed by atoms with Gasteiger partial charge in [-0.05, 0) is 24.6 Å². The first-order valence-electron chi connectivity index (χ1n) is 5.90. The summed E-state index contributed by atoms with van der Waals surface area (Å²) in [5.74, 6) is 0.0274. The maximum atomic E-state index is 12.7. The Labute approximate surface area is 105 Å². The lowest BCUT2D eigenvalue weighted by atomic mass is 9.84. The van der Waals surface area contributed by atoms with Gasteiger partial charge in [-0.3, -0.25) is 0 Å². The summed E-state index contributed by atoms with van der Waals surface area (Å²) in [5, 5.41) is 0. The predicted octanol–water partition coefficient (Wildman–Crippen LogP) is 1.66. The molecule has 1 unspecified atom stereocenters. The largest absolute Gasteiger partial charge is 0.493 e. The van der Waals surface area contributed by atoms with E-state index in [2.05, 4.69) is 0 Å². The number of carbonyl (C=O) groups is 1. The molecule has 0 amide bonds. The van der Waals surface area contributed by atoms with Gasteiger partial charge in [0.1, 0.15) is 18.0 Å². The minimum absolute atomic E-state index is 0.261. The molecule has 1 heterocycles. The van der Waals surface area contributed by atoms with E-state index in [1.807, 2.05) is 0 Å². The molecule has 1 aromatic carbocycles. The normalized spacial score (nSPS) is 21.9. The molecule has 1 aliphatic heterocycles. The number of carbonyl (C=O) groups excluding carboxylic acids is 1. The van der Waals surface area contributed by atoms with Gasteiger partial charge in [-0.15, -0.1) is 0 Å². The zero-order chi connectivity index (χ0) is 13.2. The fourth-order valence-electron chi connectivity index (χ4n) is 2.06. The van der Waals surface area contributed by atoms with Crippen molar-refractivity contribution in [1.82, 2.24) is 0 Å². The standard InChI is InChI=1S/C13H16FNO3/c1-2-17-12(16)13(15)5-6-18-11-4-3-9(8-14)7-10(11)13/h3-4,7H,2,5-6,8,15H2,1H3. The number of alkyl halides is 1. The van der Waals surface area contributed by atoms with E-state index in [9.17, 15) is 9.18 Å². The van der Waals surface area contributed by atoms with Gasteiger partial charge in [0.2, 0.25) is 0 Å². The van der Waals surface area contributed by atoms with Crippen LogP contribution in [-0.4, -0.2) is 19.2 Å². The number of nitrogens with two attached hydrogens (primary N) is 1. The molecule has 1 aromatic rings. The molecule has 18 heavy (non-hydrogen) atoms. The number of hydrogen-bond donors (Lipinski definition) is 1. The third-order valence-corrected chi connectivity index (χ3v) is 3.07. The van der Waals surface area contributed by atoms with Crippen molar-refractivity contribution in [2.24, 2.45) is 5.73 Å². The summed E-state index contributed by atoms with van der Waals surface area (Å²) in [4.78, 5) is 12.0. The number of halogens is 1. The van der Waals surface area contributed by atoms with E-state index in [0.717, 1.165) is 0 Å². The summed E-state index contributed by atoms with van der Waals surface area (Å²) >= 11 is 0. The first-order chi connectivity index (χ1) is 8.61. The van der Waals surface area contributed by atoms with Gasteiger partial charge in [0.15, 0.2) is 0 Å². The Hall–Kier alpha value is -1.62. The average Bonchev–Trinajstić information content (AvgIpc) is 2.39. The number of benzene rings is 1. The lowest BCUT2D eigenvalue weighted by molar-refractivity contribution is -0.151. The molecule has 0 fully saturated rings. The van der Waals surface area contributed by atoms with Crippen LogP contribution >= 0.6 is 0 Å². The van der Waals surface area contributed by atoms with E-state index in [4.69, 9.17) is 15.2 Å². The molecule has 2 N–H and O–H groups in total. The highest BCUT2D eigenvalue weighted by atomic mass is 19.1. The highest BCUT2D eigenvalue weighted by Gasteiger charge is 2.42. The highest BCUT2D eigenvalue weighted by Crippen LogP contribution is 2.36. The number of hydrogen-bond acceptors (Lipinski definition) is 4. The number of fused-ring (bicyclic) bond motifs is 1. The van der Waals surface area contributed by atoms with Crippen LogP contribution in [0.3, 0.4) is 0 Å². The van der Waals surface area contributed by atoms with Crippen molar-refractivity contribution in [3.05, 3.63) is 29.3 Å². The lowest BCUT2D eigenvalue weighted by Crippen LogP contribution is -2.49. The maximum absolute atomic E-state index is 12.7. The van der Waals surface area contributed by atoms with E-state index in [0.29, 0.717) is 29.9 Å². The van der Waals surface area contributed by atoms with Crippen LogP contribution in [0.1, 0.15) is 24.5 Å². The Balaban J connectivity index is 2.45. The van der Waals surface area contributed by atoms with Gasteiger partial charge in [0.05, 0.1) is 13.2 Å². The van der Waals surface area contributed by atoms with Crippen LogP contribution in [0.2, 0.25) is 0 Å². The Bertz CT molecular complexity index is 464. The molecule has 98 valence electrons. The van der Waals surface area contributed by atoms with Gasteiger partial charge >= 0.3 is 5.97 Å². The van der Waals surface area contributed by atoms with Crippen LogP contribution in [-0.2, 0) is 21.7 Å². The van der Waals surface area contributed by atoms with E-state index in [1.165, 1.54) is 0 Å². The second-order valence-electron chi connectivity index (χ2n) is 4.25. The molecule has 2 rings (SSSR count). The molecule has 0 radical (unpaired) electrons. The van der Waals surface area contributed by atoms with E-state index in [1.54, 1.807) is 25.1 Å². The fraction of sp³-hybridized carbons (Fsp3) is 0.462. The van der Waals surface area contributed by atoms with Gasteiger partial charge in [-0.2, -0.15) is 0 Å².